The minimum atomic E-state index is 0.0678. The van der Waals surface area contributed by atoms with Crippen LogP contribution in [0.1, 0.15) is 24.5 Å². The third kappa shape index (κ3) is 2.42. The van der Waals surface area contributed by atoms with Crippen LogP contribution in [-0.2, 0) is 11.2 Å². The van der Waals surface area contributed by atoms with Crippen LogP contribution in [0.3, 0.4) is 0 Å². The van der Waals surface area contributed by atoms with Gasteiger partial charge < -0.3 is 14.7 Å². The summed E-state index contributed by atoms with van der Waals surface area (Å²) in [6.07, 6.45) is 1.71. The number of methoxy groups -OCH3 is 1. The van der Waals surface area contributed by atoms with Crippen LogP contribution in [-0.4, -0.2) is 30.7 Å². The van der Waals surface area contributed by atoms with Gasteiger partial charge in [0.1, 0.15) is 12.4 Å². The molecule has 1 aliphatic carbocycles. The SMILES string of the molecule is COC(C)COc1cccc2c1CC/C2=N\O. The zero-order valence-electron chi connectivity index (χ0n) is 10.1. The Kier molecular flexibility index (Phi) is 3.64. The fourth-order valence-corrected chi connectivity index (χ4v) is 1.99. The Hall–Kier alpha value is -1.55. The quantitative estimate of drug-likeness (QED) is 0.643. The van der Waals surface area contributed by atoms with Gasteiger partial charge in [-0.25, -0.2) is 0 Å². The number of benzene rings is 1. The molecule has 1 atom stereocenters. The molecule has 0 bridgehead atoms. The molecule has 0 aliphatic heterocycles. The van der Waals surface area contributed by atoms with E-state index in [2.05, 4.69) is 5.16 Å². The second-order valence-electron chi connectivity index (χ2n) is 4.19. The average Bonchev–Trinajstić information content (AvgIpc) is 2.79. The number of nitrogens with zero attached hydrogens (tertiary/aromatic N) is 1. The molecular weight excluding hydrogens is 218 g/mol. The van der Waals surface area contributed by atoms with Crippen molar-refractivity contribution < 1.29 is 14.7 Å². The van der Waals surface area contributed by atoms with Gasteiger partial charge in [-0.3, -0.25) is 0 Å². The third-order valence-electron chi connectivity index (χ3n) is 3.05. The van der Waals surface area contributed by atoms with Gasteiger partial charge in [-0.15, -0.1) is 0 Å². The van der Waals surface area contributed by atoms with Crippen LogP contribution in [0.25, 0.3) is 0 Å². The van der Waals surface area contributed by atoms with E-state index in [1.165, 1.54) is 0 Å². The fraction of sp³-hybridized carbons (Fsp3) is 0.462. The highest BCUT2D eigenvalue weighted by Crippen LogP contribution is 2.30. The van der Waals surface area contributed by atoms with Crippen LogP contribution >= 0.6 is 0 Å². The lowest BCUT2D eigenvalue weighted by Gasteiger charge is -2.14. The van der Waals surface area contributed by atoms with Crippen molar-refractivity contribution in [2.45, 2.75) is 25.9 Å². The van der Waals surface area contributed by atoms with E-state index in [-0.39, 0.29) is 6.10 Å². The predicted octanol–water partition coefficient (Wildman–Crippen LogP) is 2.22. The summed E-state index contributed by atoms with van der Waals surface area (Å²) < 4.78 is 10.9. The number of rotatable bonds is 4. The summed E-state index contributed by atoms with van der Waals surface area (Å²) in [7, 11) is 1.67. The van der Waals surface area contributed by atoms with E-state index in [1.54, 1.807) is 7.11 Å². The Morgan fingerprint density at radius 3 is 2.94 bits per heavy atom. The van der Waals surface area contributed by atoms with Crippen LogP contribution in [0, 0.1) is 0 Å². The van der Waals surface area contributed by atoms with Crippen LogP contribution in [0.4, 0.5) is 0 Å². The standard InChI is InChI=1S/C13H17NO3/c1-9(16-2)8-17-13-5-3-4-10-11(13)6-7-12(10)14-15/h3-5,9,15H,6-8H2,1-2H3/b14-12+. The van der Waals surface area contributed by atoms with Crippen molar-refractivity contribution in [1.82, 2.24) is 0 Å². The van der Waals surface area contributed by atoms with Gasteiger partial charge in [0, 0.05) is 18.2 Å². The van der Waals surface area contributed by atoms with Crippen LogP contribution < -0.4 is 4.74 Å². The zero-order chi connectivity index (χ0) is 12.3. The Balaban J connectivity index is 2.17. The van der Waals surface area contributed by atoms with Crippen molar-refractivity contribution in [3.63, 3.8) is 0 Å². The highest BCUT2D eigenvalue weighted by atomic mass is 16.5. The molecule has 0 heterocycles. The van der Waals surface area contributed by atoms with E-state index < -0.39 is 0 Å². The average molecular weight is 235 g/mol. The maximum atomic E-state index is 8.89. The molecule has 92 valence electrons. The molecule has 1 unspecified atom stereocenters. The van der Waals surface area contributed by atoms with Gasteiger partial charge in [-0.1, -0.05) is 17.3 Å². The molecule has 17 heavy (non-hydrogen) atoms. The molecule has 4 nitrogen and oxygen atoms in total. The van der Waals surface area contributed by atoms with Gasteiger partial charge in [0.2, 0.25) is 0 Å². The third-order valence-corrected chi connectivity index (χ3v) is 3.05. The molecule has 0 amide bonds. The van der Waals surface area contributed by atoms with E-state index in [0.29, 0.717) is 6.61 Å². The van der Waals surface area contributed by atoms with Gasteiger partial charge in [-0.2, -0.15) is 0 Å². The predicted molar refractivity (Wildman–Crippen MR) is 65.1 cm³/mol. The topological polar surface area (TPSA) is 51.0 Å². The molecular formula is C13H17NO3. The number of ether oxygens (including phenoxy) is 2. The van der Waals surface area contributed by atoms with Gasteiger partial charge in [-0.05, 0) is 25.8 Å². The molecule has 1 aromatic carbocycles. The molecule has 4 heteroatoms. The first-order valence-electron chi connectivity index (χ1n) is 5.75. The van der Waals surface area contributed by atoms with Gasteiger partial charge in [0.25, 0.3) is 0 Å². The maximum absolute atomic E-state index is 8.89. The minimum Gasteiger partial charge on any atom is -0.491 e. The largest absolute Gasteiger partial charge is 0.491 e. The summed E-state index contributed by atoms with van der Waals surface area (Å²) in [6.45, 7) is 2.49. The molecule has 0 spiro atoms. The molecule has 2 rings (SSSR count). The second kappa shape index (κ2) is 5.19. The first kappa shape index (κ1) is 11.9. The van der Waals surface area contributed by atoms with E-state index in [1.807, 2.05) is 25.1 Å². The van der Waals surface area contributed by atoms with Crippen molar-refractivity contribution in [3.8, 4) is 5.75 Å². The van der Waals surface area contributed by atoms with Gasteiger partial charge >= 0.3 is 0 Å². The molecule has 1 N–H and O–H groups in total. The number of hydrogen-bond donors (Lipinski definition) is 1. The number of hydrogen-bond acceptors (Lipinski definition) is 4. The smallest absolute Gasteiger partial charge is 0.123 e. The summed E-state index contributed by atoms with van der Waals surface area (Å²) in [6, 6.07) is 5.83. The first-order chi connectivity index (χ1) is 8.26. The highest BCUT2D eigenvalue weighted by Gasteiger charge is 2.21. The van der Waals surface area contributed by atoms with Crippen LogP contribution in [0.5, 0.6) is 5.75 Å². The summed E-state index contributed by atoms with van der Waals surface area (Å²) in [5.41, 5.74) is 2.86. The summed E-state index contributed by atoms with van der Waals surface area (Å²) in [5, 5.41) is 12.2. The molecule has 0 saturated heterocycles. The molecule has 1 aliphatic rings. The van der Waals surface area contributed by atoms with Gasteiger partial charge in [0.15, 0.2) is 0 Å². The number of oxime groups is 1. The van der Waals surface area contributed by atoms with Crippen molar-refractivity contribution in [1.29, 1.82) is 0 Å². The Morgan fingerprint density at radius 2 is 2.24 bits per heavy atom. The second-order valence-corrected chi connectivity index (χ2v) is 4.19. The maximum Gasteiger partial charge on any atom is 0.123 e. The van der Waals surface area contributed by atoms with E-state index >= 15 is 0 Å². The lowest BCUT2D eigenvalue weighted by Crippen LogP contribution is -2.16. The Labute approximate surface area is 101 Å². The van der Waals surface area contributed by atoms with Crippen molar-refractivity contribution in [2.75, 3.05) is 13.7 Å². The van der Waals surface area contributed by atoms with Crippen molar-refractivity contribution in [3.05, 3.63) is 29.3 Å². The van der Waals surface area contributed by atoms with Crippen molar-refractivity contribution in [2.24, 2.45) is 5.16 Å². The number of fused-ring (bicyclic) bond motifs is 1. The van der Waals surface area contributed by atoms with E-state index in [0.717, 1.165) is 35.4 Å². The normalized spacial score (nSPS) is 18.1. The molecule has 0 aromatic heterocycles. The van der Waals surface area contributed by atoms with E-state index in [4.69, 9.17) is 14.7 Å². The molecule has 0 radical (unpaired) electrons. The van der Waals surface area contributed by atoms with E-state index in [9.17, 15) is 0 Å². The molecule has 0 fully saturated rings. The minimum absolute atomic E-state index is 0.0678. The lowest BCUT2D eigenvalue weighted by molar-refractivity contribution is 0.0713. The Bertz CT molecular complexity index is 429. The summed E-state index contributed by atoms with van der Waals surface area (Å²) in [5.74, 6) is 0.866. The summed E-state index contributed by atoms with van der Waals surface area (Å²) >= 11 is 0. The first-order valence-corrected chi connectivity index (χ1v) is 5.75. The lowest BCUT2D eigenvalue weighted by atomic mass is 10.1. The molecule has 1 aromatic rings. The zero-order valence-corrected chi connectivity index (χ0v) is 10.1. The fourth-order valence-electron chi connectivity index (χ4n) is 1.99. The monoisotopic (exact) mass is 235 g/mol. The van der Waals surface area contributed by atoms with Gasteiger partial charge in [0.05, 0.1) is 11.8 Å². The highest BCUT2D eigenvalue weighted by molar-refractivity contribution is 6.04. The van der Waals surface area contributed by atoms with Crippen LogP contribution in [0.2, 0.25) is 0 Å². The Morgan fingerprint density at radius 1 is 1.41 bits per heavy atom. The van der Waals surface area contributed by atoms with Crippen LogP contribution in [0.15, 0.2) is 23.4 Å². The summed E-state index contributed by atoms with van der Waals surface area (Å²) in [4.78, 5) is 0. The molecule has 0 saturated carbocycles. The van der Waals surface area contributed by atoms with Crippen molar-refractivity contribution >= 4 is 5.71 Å².